The fraction of sp³-hybridized carbons (Fsp3) is 0.316. The van der Waals surface area contributed by atoms with E-state index in [1.54, 1.807) is 18.2 Å². The summed E-state index contributed by atoms with van der Waals surface area (Å²) in [5.74, 6) is -1.12. The Morgan fingerprint density at radius 3 is 2.52 bits per heavy atom. The van der Waals surface area contributed by atoms with Crippen LogP contribution in [-0.4, -0.2) is 17.6 Å². The van der Waals surface area contributed by atoms with E-state index in [1.807, 2.05) is 18.2 Å². The molecular weight excluding hydrogens is 293 g/mol. The van der Waals surface area contributed by atoms with Crippen LogP contribution in [0.5, 0.6) is 0 Å². The number of carboxylic acid groups (broad SMARTS) is 1. The average Bonchev–Trinajstić information content (AvgIpc) is 2.51. The van der Waals surface area contributed by atoms with Gasteiger partial charge >= 0.3 is 5.97 Å². The molecule has 0 spiro atoms. The monoisotopic (exact) mass is 313 g/mol. The number of carboxylic acids is 1. The summed E-state index contributed by atoms with van der Waals surface area (Å²) in [6.45, 7) is 1.44. The normalized spacial score (nSPS) is 15.9. The molecule has 1 saturated carbocycles. The molecule has 0 atom stereocenters. The van der Waals surface area contributed by atoms with Gasteiger partial charge in [-0.15, -0.1) is 0 Å². The third-order valence-electron chi connectivity index (χ3n) is 4.73. The Bertz CT molecular complexity index is 693. The Kier molecular flexibility index (Phi) is 4.44. The van der Waals surface area contributed by atoms with Gasteiger partial charge in [0.15, 0.2) is 0 Å². The molecule has 0 radical (unpaired) electrons. The highest BCUT2D eigenvalue weighted by Gasteiger charge is 2.38. The molecular formula is C19H20FNO2. The van der Waals surface area contributed by atoms with Crippen LogP contribution in [0.1, 0.15) is 40.7 Å². The van der Waals surface area contributed by atoms with Crippen LogP contribution in [0.3, 0.4) is 0 Å². The summed E-state index contributed by atoms with van der Waals surface area (Å²) < 4.78 is 13.1. The molecule has 1 aliphatic rings. The second-order valence-electron chi connectivity index (χ2n) is 6.25. The molecule has 120 valence electrons. The van der Waals surface area contributed by atoms with E-state index in [4.69, 9.17) is 5.11 Å². The number of aromatic carboxylic acids is 1. The summed E-state index contributed by atoms with van der Waals surface area (Å²) in [6.07, 6.45) is 3.38. The Labute approximate surface area is 135 Å². The molecule has 4 heteroatoms. The van der Waals surface area contributed by atoms with Gasteiger partial charge in [-0.1, -0.05) is 30.7 Å². The molecule has 3 nitrogen and oxygen atoms in total. The highest BCUT2D eigenvalue weighted by Crippen LogP contribution is 2.43. The molecule has 0 heterocycles. The zero-order valence-corrected chi connectivity index (χ0v) is 12.9. The molecule has 0 aliphatic heterocycles. The lowest BCUT2D eigenvalue weighted by atomic mass is 9.64. The van der Waals surface area contributed by atoms with E-state index in [0.717, 1.165) is 24.9 Å². The predicted octanol–water partition coefficient (Wildman–Crippen LogP) is 3.74. The summed E-state index contributed by atoms with van der Waals surface area (Å²) in [5, 5.41) is 12.5. The Morgan fingerprint density at radius 2 is 1.91 bits per heavy atom. The number of benzene rings is 2. The van der Waals surface area contributed by atoms with E-state index in [-0.39, 0.29) is 11.2 Å². The van der Waals surface area contributed by atoms with Crippen LogP contribution in [0.2, 0.25) is 0 Å². The number of carbonyl (C=O) groups is 1. The summed E-state index contributed by atoms with van der Waals surface area (Å²) in [7, 11) is 0. The number of hydrogen-bond acceptors (Lipinski definition) is 2. The van der Waals surface area contributed by atoms with E-state index in [1.165, 1.54) is 24.1 Å². The zero-order valence-electron chi connectivity index (χ0n) is 12.9. The van der Waals surface area contributed by atoms with Crippen LogP contribution in [0, 0.1) is 5.82 Å². The van der Waals surface area contributed by atoms with Crippen molar-refractivity contribution >= 4 is 5.97 Å². The van der Waals surface area contributed by atoms with Gasteiger partial charge in [-0.25, -0.2) is 9.18 Å². The SMILES string of the molecule is O=C(O)c1cccc(CNCC2(c3ccc(F)cc3)CCC2)c1. The molecule has 0 saturated heterocycles. The van der Waals surface area contributed by atoms with Crippen molar-refractivity contribution in [2.45, 2.75) is 31.2 Å². The third-order valence-corrected chi connectivity index (χ3v) is 4.73. The Balaban J connectivity index is 1.64. The summed E-state index contributed by atoms with van der Waals surface area (Å²) in [6, 6.07) is 13.8. The van der Waals surface area contributed by atoms with Crippen molar-refractivity contribution in [2.75, 3.05) is 6.54 Å². The summed E-state index contributed by atoms with van der Waals surface area (Å²) in [5.41, 5.74) is 2.52. The molecule has 2 N–H and O–H groups in total. The van der Waals surface area contributed by atoms with Gasteiger partial charge < -0.3 is 10.4 Å². The van der Waals surface area contributed by atoms with Gasteiger partial charge in [-0.05, 0) is 48.2 Å². The van der Waals surface area contributed by atoms with E-state index >= 15 is 0 Å². The van der Waals surface area contributed by atoms with E-state index in [0.29, 0.717) is 12.1 Å². The van der Waals surface area contributed by atoms with Crippen molar-refractivity contribution in [1.29, 1.82) is 0 Å². The molecule has 2 aromatic rings. The van der Waals surface area contributed by atoms with Crippen LogP contribution in [-0.2, 0) is 12.0 Å². The maximum atomic E-state index is 13.1. The number of nitrogens with one attached hydrogen (secondary N) is 1. The van der Waals surface area contributed by atoms with Crippen LogP contribution in [0.15, 0.2) is 48.5 Å². The lowest BCUT2D eigenvalue weighted by Crippen LogP contribution is -2.43. The van der Waals surface area contributed by atoms with Crippen molar-refractivity contribution in [3.8, 4) is 0 Å². The summed E-state index contributed by atoms with van der Waals surface area (Å²) >= 11 is 0. The van der Waals surface area contributed by atoms with Crippen LogP contribution >= 0.6 is 0 Å². The number of rotatable bonds is 6. The standard InChI is InChI=1S/C19H20FNO2/c20-17-7-5-16(6-8-17)19(9-2-10-19)13-21-12-14-3-1-4-15(11-14)18(22)23/h1,3-8,11,21H,2,9-10,12-13H2,(H,22,23). The zero-order chi connectivity index (χ0) is 16.3. The lowest BCUT2D eigenvalue weighted by Gasteiger charge is -2.43. The van der Waals surface area contributed by atoms with Gasteiger partial charge in [-0.2, -0.15) is 0 Å². The number of hydrogen-bond donors (Lipinski definition) is 2. The van der Waals surface area contributed by atoms with Crippen molar-refractivity contribution < 1.29 is 14.3 Å². The molecule has 0 aromatic heterocycles. The quantitative estimate of drug-likeness (QED) is 0.854. The van der Waals surface area contributed by atoms with Gasteiger partial charge in [0.05, 0.1) is 5.56 Å². The van der Waals surface area contributed by atoms with Crippen molar-refractivity contribution in [2.24, 2.45) is 0 Å². The molecule has 2 aromatic carbocycles. The van der Waals surface area contributed by atoms with E-state index in [2.05, 4.69) is 5.32 Å². The highest BCUT2D eigenvalue weighted by molar-refractivity contribution is 5.87. The van der Waals surface area contributed by atoms with Gasteiger partial charge in [0.25, 0.3) is 0 Å². The maximum absolute atomic E-state index is 13.1. The van der Waals surface area contributed by atoms with Crippen molar-refractivity contribution in [1.82, 2.24) is 5.32 Å². The average molecular weight is 313 g/mol. The molecule has 23 heavy (non-hydrogen) atoms. The molecule has 0 bridgehead atoms. The van der Waals surface area contributed by atoms with Crippen molar-refractivity contribution in [3.05, 3.63) is 71.0 Å². The van der Waals surface area contributed by atoms with Gasteiger partial charge in [0, 0.05) is 18.5 Å². The van der Waals surface area contributed by atoms with Gasteiger partial charge in [0.1, 0.15) is 5.82 Å². The molecule has 1 fully saturated rings. The maximum Gasteiger partial charge on any atom is 0.335 e. The van der Waals surface area contributed by atoms with Crippen LogP contribution < -0.4 is 5.32 Å². The molecule has 1 aliphatic carbocycles. The van der Waals surface area contributed by atoms with Crippen LogP contribution in [0.25, 0.3) is 0 Å². The molecule has 0 amide bonds. The number of halogens is 1. The van der Waals surface area contributed by atoms with Crippen molar-refractivity contribution in [3.63, 3.8) is 0 Å². The van der Waals surface area contributed by atoms with E-state index in [9.17, 15) is 9.18 Å². The first kappa shape index (κ1) is 15.7. The van der Waals surface area contributed by atoms with E-state index < -0.39 is 5.97 Å². The minimum absolute atomic E-state index is 0.0815. The minimum atomic E-state index is -0.909. The third kappa shape index (κ3) is 3.42. The smallest absolute Gasteiger partial charge is 0.335 e. The first-order valence-electron chi connectivity index (χ1n) is 7.88. The molecule has 3 rings (SSSR count). The van der Waals surface area contributed by atoms with Crippen LogP contribution in [0.4, 0.5) is 4.39 Å². The minimum Gasteiger partial charge on any atom is -0.478 e. The second-order valence-corrected chi connectivity index (χ2v) is 6.25. The Hall–Kier alpha value is -2.20. The first-order valence-corrected chi connectivity index (χ1v) is 7.88. The Morgan fingerprint density at radius 1 is 1.17 bits per heavy atom. The second kappa shape index (κ2) is 6.50. The fourth-order valence-corrected chi connectivity index (χ4v) is 3.23. The highest BCUT2D eigenvalue weighted by atomic mass is 19.1. The fourth-order valence-electron chi connectivity index (χ4n) is 3.23. The van der Waals surface area contributed by atoms with Gasteiger partial charge in [-0.3, -0.25) is 0 Å². The largest absolute Gasteiger partial charge is 0.478 e. The van der Waals surface area contributed by atoms with Gasteiger partial charge in [0.2, 0.25) is 0 Å². The summed E-state index contributed by atoms with van der Waals surface area (Å²) in [4.78, 5) is 11.0. The lowest BCUT2D eigenvalue weighted by molar-refractivity contribution is 0.0696. The molecule has 0 unspecified atom stereocenters. The topological polar surface area (TPSA) is 49.3 Å². The first-order chi connectivity index (χ1) is 11.1. The predicted molar refractivity (Wildman–Crippen MR) is 87.0 cm³/mol.